The minimum Gasteiger partial charge on any atom is -0.462 e. The lowest BCUT2D eigenvalue weighted by molar-refractivity contribution is -0.167. The van der Waals surface area contributed by atoms with Gasteiger partial charge in [0.05, 0.1) is 0 Å². The molecule has 0 unspecified atom stereocenters. The Morgan fingerprint density at radius 1 is 0.303 bits per heavy atom. The van der Waals surface area contributed by atoms with Crippen LogP contribution in [-0.2, 0) is 28.6 Å². The highest BCUT2D eigenvalue weighted by Gasteiger charge is 2.19. The van der Waals surface area contributed by atoms with Gasteiger partial charge < -0.3 is 14.2 Å². The van der Waals surface area contributed by atoms with Crippen molar-refractivity contribution in [1.29, 1.82) is 0 Å². The van der Waals surface area contributed by atoms with Crippen molar-refractivity contribution < 1.29 is 28.6 Å². The van der Waals surface area contributed by atoms with E-state index in [1.165, 1.54) is 96.3 Å². The van der Waals surface area contributed by atoms with Crippen molar-refractivity contribution in [3.63, 3.8) is 0 Å². The quantitative estimate of drug-likeness (QED) is 0.0262. The molecule has 66 heavy (non-hydrogen) atoms. The second-order valence-corrected chi connectivity index (χ2v) is 18.1. The Kier molecular flexibility index (Phi) is 51.4. The number of esters is 3. The number of hydrogen-bond donors (Lipinski definition) is 0. The fourth-order valence-corrected chi connectivity index (χ4v) is 7.38. The van der Waals surface area contributed by atoms with Gasteiger partial charge in [-0.05, 0) is 116 Å². The molecule has 0 heterocycles. The minimum absolute atomic E-state index is 0.0948. The zero-order valence-corrected chi connectivity index (χ0v) is 43.2. The van der Waals surface area contributed by atoms with E-state index in [1.807, 2.05) is 0 Å². The summed E-state index contributed by atoms with van der Waals surface area (Å²) >= 11 is 0. The summed E-state index contributed by atoms with van der Waals surface area (Å²) in [5.74, 6) is -0.935. The van der Waals surface area contributed by atoms with Crippen molar-refractivity contribution in [3.8, 4) is 0 Å². The Labute approximate surface area is 407 Å². The third-order valence-corrected chi connectivity index (χ3v) is 11.6. The average Bonchev–Trinajstić information content (AvgIpc) is 3.31. The number of carbonyl (C=O) groups is 3. The molecule has 0 radical (unpaired) electrons. The topological polar surface area (TPSA) is 78.9 Å². The van der Waals surface area contributed by atoms with Gasteiger partial charge in [-0.25, -0.2) is 0 Å². The fraction of sp³-hybridized carbons (Fsp3) is 0.717. The molecule has 1 atom stereocenters. The number of ether oxygens (including phenoxy) is 3. The first-order valence-electron chi connectivity index (χ1n) is 27.6. The summed E-state index contributed by atoms with van der Waals surface area (Å²) in [6, 6.07) is 0. The van der Waals surface area contributed by atoms with Gasteiger partial charge in [-0.15, -0.1) is 0 Å². The molecule has 0 aromatic carbocycles. The lowest BCUT2D eigenvalue weighted by atomic mass is 10.1. The number of hydrogen-bond acceptors (Lipinski definition) is 6. The summed E-state index contributed by atoms with van der Waals surface area (Å²) in [5, 5.41) is 0. The molecule has 0 aliphatic heterocycles. The van der Waals surface area contributed by atoms with E-state index in [4.69, 9.17) is 14.2 Å². The normalized spacial score (nSPS) is 12.7. The van der Waals surface area contributed by atoms with Gasteiger partial charge in [-0.2, -0.15) is 0 Å². The Hall–Kier alpha value is -3.41. The molecule has 0 rings (SSSR count). The zero-order chi connectivity index (χ0) is 47.9. The summed E-state index contributed by atoms with van der Waals surface area (Å²) in [7, 11) is 0. The van der Waals surface area contributed by atoms with Crippen molar-refractivity contribution in [2.45, 2.75) is 264 Å². The second-order valence-electron chi connectivity index (χ2n) is 18.1. The first-order valence-corrected chi connectivity index (χ1v) is 27.6. The third kappa shape index (κ3) is 51.6. The van der Waals surface area contributed by atoms with E-state index in [2.05, 4.69) is 106 Å². The first-order chi connectivity index (χ1) is 32.5. The lowest BCUT2D eigenvalue weighted by Gasteiger charge is -2.18. The molecule has 0 amide bonds. The Morgan fingerprint density at radius 3 is 0.894 bits per heavy atom. The number of rotatable bonds is 49. The van der Waals surface area contributed by atoms with Gasteiger partial charge in [0, 0.05) is 19.3 Å². The molecule has 0 saturated carbocycles. The minimum atomic E-state index is -0.796. The molecule has 378 valence electrons. The van der Waals surface area contributed by atoms with Crippen LogP contribution in [0.5, 0.6) is 0 Å². The summed E-state index contributed by atoms with van der Waals surface area (Å²) in [4.78, 5) is 38.1. The van der Waals surface area contributed by atoms with Crippen LogP contribution >= 0.6 is 0 Å². The number of allylic oxidation sites excluding steroid dienone is 14. The van der Waals surface area contributed by atoms with Crippen molar-refractivity contribution in [2.24, 2.45) is 0 Å². The molecule has 0 aromatic rings. The maximum absolute atomic E-state index is 12.8. The Bertz CT molecular complexity index is 1290. The fourth-order valence-electron chi connectivity index (χ4n) is 7.38. The molecule has 0 N–H and O–H groups in total. The Morgan fingerprint density at radius 2 is 0.561 bits per heavy atom. The van der Waals surface area contributed by atoms with Gasteiger partial charge in [0.15, 0.2) is 6.10 Å². The number of carbonyl (C=O) groups excluding carboxylic acids is 3. The standard InChI is InChI=1S/C60H102O6/c1-4-7-10-13-16-19-22-25-28-30-32-35-38-41-44-47-50-53-59(62)65-56-57(55-64-58(61)52-49-46-43-40-37-34-27-24-21-18-15-12-9-6-3)66-60(63)54-51-48-45-42-39-36-33-31-29-26-23-20-17-14-11-8-5-2/h15-20,24-29,32,35,57H,4-14,21-23,30-31,33-34,36-56H2,1-3H3/b18-15-,19-16-,20-17-,27-24-,28-25-,29-26-,35-32-/t57-/m1/s1. The molecule has 0 bridgehead atoms. The van der Waals surface area contributed by atoms with Gasteiger partial charge in [-0.1, -0.05) is 209 Å². The van der Waals surface area contributed by atoms with E-state index in [0.717, 1.165) is 122 Å². The van der Waals surface area contributed by atoms with Crippen LogP contribution in [0.3, 0.4) is 0 Å². The van der Waals surface area contributed by atoms with Crippen molar-refractivity contribution in [3.05, 3.63) is 85.1 Å². The van der Waals surface area contributed by atoms with Crippen molar-refractivity contribution >= 4 is 17.9 Å². The maximum Gasteiger partial charge on any atom is 0.306 e. The molecular weight excluding hydrogens is 817 g/mol. The summed E-state index contributed by atoms with van der Waals surface area (Å²) in [6.07, 6.45) is 69.9. The molecule has 0 saturated heterocycles. The Balaban J connectivity index is 4.46. The van der Waals surface area contributed by atoms with Crippen molar-refractivity contribution in [1.82, 2.24) is 0 Å². The average molecular weight is 919 g/mol. The first kappa shape index (κ1) is 62.6. The van der Waals surface area contributed by atoms with Crippen LogP contribution in [0.2, 0.25) is 0 Å². The van der Waals surface area contributed by atoms with Crippen LogP contribution in [0.4, 0.5) is 0 Å². The van der Waals surface area contributed by atoms with E-state index < -0.39 is 6.10 Å². The highest BCUT2D eigenvalue weighted by molar-refractivity contribution is 5.71. The molecular formula is C60H102O6. The SMILES string of the molecule is CCCC/C=C\C/C=C\CCCCCCCC(=O)OC[C@H](COC(=O)CCCCCC/C=C\C/C=C\C/C=C\CCCCC)OC(=O)CCCCCCCCC/C=C\C/C=C\CCCCC. The lowest BCUT2D eigenvalue weighted by Crippen LogP contribution is -2.30. The van der Waals surface area contributed by atoms with E-state index in [-0.39, 0.29) is 31.1 Å². The smallest absolute Gasteiger partial charge is 0.306 e. The molecule has 6 nitrogen and oxygen atoms in total. The van der Waals surface area contributed by atoms with E-state index in [0.29, 0.717) is 19.3 Å². The van der Waals surface area contributed by atoms with Crippen molar-refractivity contribution in [2.75, 3.05) is 13.2 Å². The van der Waals surface area contributed by atoms with Crippen LogP contribution in [0.1, 0.15) is 258 Å². The summed E-state index contributed by atoms with van der Waals surface area (Å²) in [5.41, 5.74) is 0. The van der Waals surface area contributed by atoms with E-state index in [1.54, 1.807) is 0 Å². The molecule has 0 aliphatic rings. The molecule has 0 aromatic heterocycles. The molecule has 6 heteroatoms. The highest BCUT2D eigenvalue weighted by atomic mass is 16.6. The van der Waals surface area contributed by atoms with Gasteiger partial charge in [0.1, 0.15) is 13.2 Å². The van der Waals surface area contributed by atoms with Gasteiger partial charge in [-0.3, -0.25) is 14.4 Å². The van der Waals surface area contributed by atoms with Crippen LogP contribution < -0.4 is 0 Å². The molecule has 0 fully saturated rings. The van der Waals surface area contributed by atoms with Gasteiger partial charge in [0.25, 0.3) is 0 Å². The summed E-state index contributed by atoms with van der Waals surface area (Å²) < 4.78 is 16.8. The second kappa shape index (κ2) is 54.2. The molecule has 0 spiro atoms. The predicted octanol–water partition coefficient (Wildman–Crippen LogP) is 18.4. The highest BCUT2D eigenvalue weighted by Crippen LogP contribution is 2.14. The van der Waals surface area contributed by atoms with Crippen LogP contribution in [-0.4, -0.2) is 37.2 Å². The number of unbranched alkanes of at least 4 members (excludes halogenated alkanes) is 24. The predicted molar refractivity (Wildman–Crippen MR) is 284 cm³/mol. The van der Waals surface area contributed by atoms with Crippen LogP contribution in [0.15, 0.2) is 85.1 Å². The largest absolute Gasteiger partial charge is 0.462 e. The maximum atomic E-state index is 12.8. The monoisotopic (exact) mass is 919 g/mol. The van der Waals surface area contributed by atoms with Crippen LogP contribution in [0, 0.1) is 0 Å². The summed E-state index contributed by atoms with van der Waals surface area (Å²) in [6.45, 7) is 6.51. The van der Waals surface area contributed by atoms with Gasteiger partial charge >= 0.3 is 17.9 Å². The van der Waals surface area contributed by atoms with Crippen LogP contribution in [0.25, 0.3) is 0 Å². The third-order valence-electron chi connectivity index (χ3n) is 11.6. The van der Waals surface area contributed by atoms with E-state index >= 15 is 0 Å². The van der Waals surface area contributed by atoms with Gasteiger partial charge in [0.2, 0.25) is 0 Å². The zero-order valence-electron chi connectivity index (χ0n) is 43.2. The van der Waals surface area contributed by atoms with E-state index in [9.17, 15) is 14.4 Å². The molecule has 0 aliphatic carbocycles.